The van der Waals surface area contributed by atoms with Crippen molar-refractivity contribution in [3.05, 3.63) is 48.6 Å². The van der Waals surface area contributed by atoms with E-state index < -0.39 is 6.10 Å². The fourth-order valence-corrected chi connectivity index (χ4v) is 8.21. The van der Waals surface area contributed by atoms with Gasteiger partial charge in [0.2, 0.25) is 0 Å². The molecule has 0 aromatic heterocycles. The van der Waals surface area contributed by atoms with Gasteiger partial charge in [0, 0.05) is 19.3 Å². The zero-order valence-electron chi connectivity index (χ0n) is 44.0. The first kappa shape index (κ1) is 63.4. The maximum Gasteiger partial charge on any atom is 0.306 e. The monoisotopic (exact) mass is 925 g/mol. The van der Waals surface area contributed by atoms with E-state index in [0.29, 0.717) is 19.3 Å². The van der Waals surface area contributed by atoms with E-state index in [1.54, 1.807) is 0 Å². The summed E-state index contributed by atoms with van der Waals surface area (Å²) in [6.07, 6.45) is 66.7. The van der Waals surface area contributed by atoms with E-state index in [4.69, 9.17) is 14.2 Å². The van der Waals surface area contributed by atoms with Crippen LogP contribution in [0, 0.1) is 0 Å². The normalized spacial score (nSPS) is 12.3. The van der Waals surface area contributed by atoms with Crippen LogP contribution in [0.25, 0.3) is 0 Å². The van der Waals surface area contributed by atoms with Gasteiger partial charge in [0.25, 0.3) is 0 Å². The largest absolute Gasteiger partial charge is 0.462 e. The van der Waals surface area contributed by atoms with E-state index in [-0.39, 0.29) is 31.1 Å². The van der Waals surface area contributed by atoms with E-state index in [0.717, 1.165) is 83.5 Å². The van der Waals surface area contributed by atoms with Crippen LogP contribution in [0.4, 0.5) is 0 Å². The van der Waals surface area contributed by atoms with Crippen molar-refractivity contribution in [3.63, 3.8) is 0 Å². The minimum atomic E-state index is -0.790. The van der Waals surface area contributed by atoms with Crippen LogP contribution in [0.2, 0.25) is 0 Å². The van der Waals surface area contributed by atoms with Gasteiger partial charge in [-0.05, 0) is 83.5 Å². The Morgan fingerprint density at radius 2 is 0.545 bits per heavy atom. The molecule has 0 aliphatic carbocycles. The van der Waals surface area contributed by atoms with E-state index in [1.807, 2.05) is 0 Å². The van der Waals surface area contributed by atoms with Crippen molar-refractivity contribution in [2.24, 2.45) is 0 Å². The molecule has 0 aliphatic rings. The number of hydrogen-bond acceptors (Lipinski definition) is 6. The Labute approximate surface area is 409 Å². The van der Waals surface area contributed by atoms with Crippen LogP contribution in [0.3, 0.4) is 0 Å². The molecule has 0 aliphatic heterocycles. The molecular formula is C60H108O6. The molecule has 0 N–H and O–H groups in total. The summed E-state index contributed by atoms with van der Waals surface area (Å²) < 4.78 is 16.8. The lowest BCUT2D eigenvalue weighted by Crippen LogP contribution is -2.30. The molecule has 0 aromatic carbocycles. The van der Waals surface area contributed by atoms with Gasteiger partial charge < -0.3 is 14.2 Å². The Bertz CT molecular complexity index is 1150. The van der Waals surface area contributed by atoms with E-state index in [2.05, 4.69) is 69.4 Å². The number of esters is 3. The maximum absolute atomic E-state index is 12.8. The van der Waals surface area contributed by atoms with Gasteiger partial charge in [0.1, 0.15) is 13.2 Å². The van der Waals surface area contributed by atoms with Crippen LogP contribution in [-0.4, -0.2) is 37.2 Å². The average Bonchev–Trinajstić information content (AvgIpc) is 3.31. The van der Waals surface area contributed by atoms with Gasteiger partial charge in [-0.15, -0.1) is 0 Å². The van der Waals surface area contributed by atoms with Gasteiger partial charge in [-0.3, -0.25) is 14.4 Å². The number of carbonyl (C=O) groups excluding carboxylic acids is 3. The third-order valence-electron chi connectivity index (χ3n) is 12.6. The number of carbonyl (C=O) groups is 3. The molecule has 384 valence electrons. The van der Waals surface area contributed by atoms with Crippen molar-refractivity contribution in [1.82, 2.24) is 0 Å². The van der Waals surface area contributed by atoms with Crippen molar-refractivity contribution in [3.8, 4) is 0 Å². The van der Waals surface area contributed by atoms with Crippen LogP contribution < -0.4 is 0 Å². The fraction of sp³-hybridized carbons (Fsp3) is 0.817. The maximum atomic E-state index is 12.8. The average molecular weight is 926 g/mol. The highest BCUT2D eigenvalue weighted by Crippen LogP contribution is 2.16. The Balaban J connectivity index is 4.41. The molecule has 0 fully saturated rings. The van der Waals surface area contributed by atoms with Crippen LogP contribution in [0.1, 0.15) is 297 Å². The highest BCUT2D eigenvalue weighted by molar-refractivity contribution is 5.71. The number of ether oxygens (including phenoxy) is 3. The standard InChI is InChI=1S/C60H108O6/c1-4-7-10-13-16-19-22-25-28-30-33-35-38-41-44-47-50-53-59(62)65-56-57(55-64-58(61)52-49-46-43-40-37-34-31-27-24-21-18-15-12-9-6-3)66-60(63)54-51-48-45-42-39-36-32-29-26-23-20-17-14-11-8-5-2/h18,21,27,29,31-32,37,40,57H,4-17,19-20,22-26,28,30,33-36,38-39,41-56H2,1-3H3/b21-18-,31-27-,32-29-,40-37-/t57-/m1/s1. The molecule has 0 amide bonds. The van der Waals surface area contributed by atoms with Crippen molar-refractivity contribution in [2.45, 2.75) is 303 Å². The second-order valence-electron chi connectivity index (χ2n) is 19.2. The van der Waals surface area contributed by atoms with Gasteiger partial charge >= 0.3 is 17.9 Å². The first-order valence-electron chi connectivity index (χ1n) is 28.6. The van der Waals surface area contributed by atoms with Gasteiger partial charge in [0.05, 0.1) is 0 Å². The van der Waals surface area contributed by atoms with Crippen LogP contribution in [-0.2, 0) is 28.6 Å². The molecular weight excluding hydrogens is 817 g/mol. The van der Waals surface area contributed by atoms with Gasteiger partial charge in [-0.2, -0.15) is 0 Å². The van der Waals surface area contributed by atoms with Crippen LogP contribution in [0.5, 0.6) is 0 Å². The van der Waals surface area contributed by atoms with E-state index in [1.165, 1.54) is 173 Å². The fourth-order valence-electron chi connectivity index (χ4n) is 8.21. The smallest absolute Gasteiger partial charge is 0.306 e. The zero-order valence-corrected chi connectivity index (χ0v) is 44.0. The molecule has 0 radical (unpaired) electrons. The Hall–Kier alpha value is -2.63. The molecule has 1 atom stereocenters. The molecule has 0 spiro atoms. The second-order valence-corrected chi connectivity index (χ2v) is 19.2. The van der Waals surface area contributed by atoms with E-state index >= 15 is 0 Å². The summed E-state index contributed by atoms with van der Waals surface area (Å²) in [5, 5.41) is 0. The number of unbranched alkanes of at least 4 members (excludes halogenated alkanes) is 33. The molecule has 6 heteroatoms. The third-order valence-corrected chi connectivity index (χ3v) is 12.6. The Morgan fingerprint density at radius 1 is 0.303 bits per heavy atom. The van der Waals surface area contributed by atoms with Crippen LogP contribution >= 0.6 is 0 Å². The molecule has 66 heavy (non-hydrogen) atoms. The summed E-state index contributed by atoms with van der Waals surface area (Å²) in [7, 11) is 0. The number of rotatable bonds is 52. The highest BCUT2D eigenvalue weighted by atomic mass is 16.6. The van der Waals surface area contributed by atoms with Crippen molar-refractivity contribution < 1.29 is 28.6 Å². The molecule has 0 heterocycles. The predicted octanol–water partition coefficient (Wildman–Crippen LogP) is 19.0. The van der Waals surface area contributed by atoms with E-state index in [9.17, 15) is 14.4 Å². The lowest BCUT2D eigenvalue weighted by molar-refractivity contribution is -0.167. The minimum absolute atomic E-state index is 0.0855. The highest BCUT2D eigenvalue weighted by Gasteiger charge is 2.19. The van der Waals surface area contributed by atoms with Crippen molar-refractivity contribution >= 4 is 17.9 Å². The second kappa shape index (κ2) is 55.0. The summed E-state index contributed by atoms with van der Waals surface area (Å²) in [6.45, 7) is 6.60. The summed E-state index contributed by atoms with van der Waals surface area (Å²) in [6, 6.07) is 0. The quantitative estimate of drug-likeness (QED) is 0.0262. The predicted molar refractivity (Wildman–Crippen MR) is 284 cm³/mol. The molecule has 0 unspecified atom stereocenters. The first-order chi connectivity index (χ1) is 32.5. The minimum Gasteiger partial charge on any atom is -0.462 e. The first-order valence-corrected chi connectivity index (χ1v) is 28.6. The number of hydrogen-bond donors (Lipinski definition) is 0. The summed E-state index contributed by atoms with van der Waals surface area (Å²) in [4.78, 5) is 38.1. The number of allylic oxidation sites excluding steroid dienone is 8. The van der Waals surface area contributed by atoms with Gasteiger partial charge in [0.15, 0.2) is 6.10 Å². The summed E-state index contributed by atoms with van der Waals surface area (Å²) >= 11 is 0. The lowest BCUT2D eigenvalue weighted by atomic mass is 10.0. The molecule has 0 bridgehead atoms. The Morgan fingerprint density at radius 3 is 0.924 bits per heavy atom. The third kappa shape index (κ3) is 52.3. The van der Waals surface area contributed by atoms with Crippen molar-refractivity contribution in [1.29, 1.82) is 0 Å². The molecule has 0 saturated heterocycles. The topological polar surface area (TPSA) is 78.9 Å². The lowest BCUT2D eigenvalue weighted by Gasteiger charge is -2.18. The summed E-state index contributed by atoms with van der Waals surface area (Å²) in [5.41, 5.74) is 0. The Kier molecular flexibility index (Phi) is 52.8. The van der Waals surface area contributed by atoms with Gasteiger partial charge in [-0.25, -0.2) is 0 Å². The van der Waals surface area contributed by atoms with Crippen LogP contribution in [0.15, 0.2) is 48.6 Å². The molecule has 0 saturated carbocycles. The SMILES string of the molecule is CCCCC/C=C\C/C=C\C/C=C\CCCCC(=O)OC[C@H](COC(=O)CCCCCCCCCCCCCCCCCCC)OC(=O)CCCCCCC/C=C\CCCCCCCCC. The molecule has 0 aromatic rings. The molecule has 6 nitrogen and oxygen atoms in total. The van der Waals surface area contributed by atoms with Crippen molar-refractivity contribution in [2.75, 3.05) is 13.2 Å². The molecule has 0 rings (SSSR count). The summed E-state index contributed by atoms with van der Waals surface area (Å²) in [5.74, 6) is -0.920. The van der Waals surface area contributed by atoms with Gasteiger partial charge in [-0.1, -0.05) is 243 Å². The zero-order chi connectivity index (χ0) is 47.9.